The molecule has 0 saturated heterocycles. The molecule has 3 rings (SSSR count). The fourth-order valence-corrected chi connectivity index (χ4v) is 5.78. The molecule has 1 aliphatic rings. The van der Waals surface area contributed by atoms with Gasteiger partial charge >= 0.3 is 0 Å². The van der Waals surface area contributed by atoms with Crippen molar-refractivity contribution in [2.24, 2.45) is 22.8 Å². The van der Waals surface area contributed by atoms with Crippen LogP contribution in [0.1, 0.15) is 39.0 Å². The second kappa shape index (κ2) is 9.72. The maximum Gasteiger partial charge on any atom is 0.266 e. The first-order valence-electron chi connectivity index (χ1n) is 10.1. The van der Waals surface area contributed by atoms with Crippen LogP contribution in [0.25, 0.3) is 0 Å². The second-order valence-electron chi connectivity index (χ2n) is 8.19. The lowest BCUT2D eigenvalue weighted by molar-refractivity contribution is 0.0816. The maximum absolute atomic E-state index is 14.7. The van der Waals surface area contributed by atoms with E-state index >= 15 is 0 Å². The lowest BCUT2D eigenvalue weighted by Gasteiger charge is -2.45. The number of aromatic nitrogens is 2. The highest BCUT2D eigenvalue weighted by molar-refractivity contribution is 7.93. The number of sulfonamides is 1. The number of nitrogens with two attached hydrogens (primary N) is 2. The molecule has 0 spiro atoms. The van der Waals surface area contributed by atoms with Crippen LogP contribution in [-0.4, -0.2) is 36.9 Å². The number of rotatable bonds is 11. The Morgan fingerprint density at radius 3 is 2.58 bits per heavy atom. The molecule has 6 N–H and O–H groups in total. The highest BCUT2D eigenvalue weighted by Gasteiger charge is 2.38. The van der Waals surface area contributed by atoms with E-state index in [9.17, 15) is 17.2 Å². The molecule has 1 saturated carbocycles. The highest BCUT2D eigenvalue weighted by Crippen LogP contribution is 2.48. The highest BCUT2D eigenvalue weighted by atomic mass is 32.2. The van der Waals surface area contributed by atoms with E-state index in [-0.39, 0.29) is 28.2 Å². The Hall–Kier alpha value is -1.89. The summed E-state index contributed by atoms with van der Waals surface area (Å²) in [5.74, 6) is -2.68. The van der Waals surface area contributed by atoms with Crippen molar-refractivity contribution in [3.05, 3.63) is 30.1 Å². The summed E-state index contributed by atoms with van der Waals surface area (Å²) >= 11 is 0.786. The van der Waals surface area contributed by atoms with Gasteiger partial charge in [0, 0.05) is 24.1 Å². The predicted octanol–water partition coefficient (Wildman–Crippen LogP) is 2.90. The van der Waals surface area contributed by atoms with Gasteiger partial charge in [-0.3, -0.25) is 4.72 Å². The molecule has 1 fully saturated rings. The number of nitrogens with one attached hydrogen (secondary N) is 2. The van der Waals surface area contributed by atoms with Gasteiger partial charge in [0.1, 0.15) is 11.2 Å². The minimum Gasteiger partial charge on any atom is -0.382 e. The first kappa shape index (κ1) is 23.8. The Bertz CT molecular complexity index is 982. The van der Waals surface area contributed by atoms with Crippen LogP contribution in [-0.2, 0) is 10.0 Å². The van der Waals surface area contributed by atoms with Crippen LogP contribution >= 0.6 is 11.5 Å². The summed E-state index contributed by atoms with van der Waals surface area (Å²) in [4.78, 5) is 2.88. The molecular weight excluding hydrogens is 446 g/mol. The van der Waals surface area contributed by atoms with Crippen LogP contribution in [0.15, 0.2) is 23.4 Å². The van der Waals surface area contributed by atoms with E-state index in [1.807, 2.05) is 6.92 Å². The van der Waals surface area contributed by atoms with Gasteiger partial charge in [-0.2, -0.15) is 4.37 Å². The number of hydrogen-bond donors (Lipinski definition) is 4. The molecule has 1 aromatic carbocycles. The smallest absolute Gasteiger partial charge is 0.266 e. The Kier molecular flexibility index (Phi) is 7.45. The van der Waals surface area contributed by atoms with Crippen molar-refractivity contribution in [2.45, 2.75) is 50.0 Å². The van der Waals surface area contributed by atoms with Crippen LogP contribution in [0, 0.1) is 23.0 Å². The average molecular weight is 475 g/mol. The molecule has 31 heavy (non-hydrogen) atoms. The van der Waals surface area contributed by atoms with Crippen molar-refractivity contribution in [3.63, 3.8) is 0 Å². The Morgan fingerprint density at radius 1 is 1.29 bits per heavy atom. The topological polar surface area (TPSA) is 136 Å². The molecule has 172 valence electrons. The lowest BCUT2D eigenvalue weighted by atomic mass is 9.61. The van der Waals surface area contributed by atoms with Gasteiger partial charge in [0.05, 0.1) is 5.69 Å². The summed E-state index contributed by atoms with van der Waals surface area (Å²) in [6, 6.07) is 2.09. The van der Waals surface area contributed by atoms with Gasteiger partial charge < -0.3 is 16.8 Å². The minimum atomic E-state index is -4.34. The largest absolute Gasteiger partial charge is 0.382 e. The SMILES string of the molecule is C[C@@H](N)[C@H](CNc1ccc(S(=O)(=O)Nc2ncns2)c(F)c1F)CC1(CCN)CCC1. The molecule has 0 aliphatic heterocycles. The van der Waals surface area contributed by atoms with Gasteiger partial charge in [0.25, 0.3) is 10.0 Å². The summed E-state index contributed by atoms with van der Waals surface area (Å²) in [6.45, 7) is 2.85. The molecule has 12 heteroatoms. The third kappa shape index (κ3) is 5.48. The van der Waals surface area contributed by atoms with Crippen LogP contribution in [0.3, 0.4) is 0 Å². The molecular formula is C19H28F2N6O2S2. The second-order valence-corrected chi connectivity index (χ2v) is 10.6. The van der Waals surface area contributed by atoms with E-state index in [0.717, 1.165) is 49.6 Å². The predicted molar refractivity (Wildman–Crippen MR) is 117 cm³/mol. The van der Waals surface area contributed by atoms with Crippen molar-refractivity contribution in [1.82, 2.24) is 9.36 Å². The van der Waals surface area contributed by atoms with Crippen molar-refractivity contribution in [1.29, 1.82) is 0 Å². The van der Waals surface area contributed by atoms with E-state index in [1.54, 1.807) is 0 Å². The zero-order chi connectivity index (χ0) is 22.6. The van der Waals surface area contributed by atoms with Crippen molar-refractivity contribution in [2.75, 3.05) is 23.1 Å². The quantitative estimate of drug-likeness (QED) is 0.393. The fourth-order valence-electron chi connectivity index (χ4n) is 4.04. The van der Waals surface area contributed by atoms with Gasteiger partial charge in [0.15, 0.2) is 11.6 Å². The molecule has 0 amide bonds. The van der Waals surface area contributed by atoms with Gasteiger partial charge in [0.2, 0.25) is 5.13 Å². The van der Waals surface area contributed by atoms with E-state index in [4.69, 9.17) is 11.5 Å². The van der Waals surface area contributed by atoms with Crippen LogP contribution in [0.5, 0.6) is 0 Å². The summed E-state index contributed by atoms with van der Waals surface area (Å²) in [5.41, 5.74) is 12.0. The fraction of sp³-hybridized carbons (Fsp3) is 0.579. The van der Waals surface area contributed by atoms with Crippen molar-refractivity contribution < 1.29 is 17.2 Å². The molecule has 2 aromatic rings. The Balaban J connectivity index is 1.72. The average Bonchev–Trinajstić information content (AvgIpc) is 3.17. The minimum absolute atomic E-state index is 0.0378. The van der Waals surface area contributed by atoms with Crippen LogP contribution in [0.4, 0.5) is 19.6 Å². The lowest BCUT2D eigenvalue weighted by Crippen LogP contribution is -2.41. The van der Waals surface area contributed by atoms with E-state index in [0.29, 0.717) is 13.1 Å². The summed E-state index contributed by atoms with van der Waals surface area (Å²) < 4.78 is 59.7. The molecule has 0 radical (unpaired) electrons. The number of halogens is 2. The van der Waals surface area contributed by atoms with Crippen molar-refractivity contribution >= 4 is 32.4 Å². The monoisotopic (exact) mass is 474 g/mol. The summed E-state index contributed by atoms with van der Waals surface area (Å²) in [5, 5.41) is 2.87. The molecule has 8 nitrogen and oxygen atoms in total. The first-order chi connectivity index (χ1) is 14.7. The molecule has 2 atom stereocenters. The van der Waals surface area contributed by atoms with Crippen LogP contribution in [0.2, 0.25) is 0 Å². The summed E-state index contributed by atoms with van der Waals surface area (Å²) in [6.07, 6.45) is 6.31. The zero-order valence-corrected chi connectivity index (χ0v) is 18.9. The maximum atomic E-state index is 14.7. The van der Waals surface area contributed by atoms with E-state index in [1.165, 1.54) is 12.5 Å². The zero-order valence-electron chi connectivity index (χ0n) is 17.3. The number of anilines is 2. The molecule has 1 heterocycles. The third-order valence-electron chi connectivity index (χ3n) is 6.00. The number of nitrogens with zero attached hydrogens (tertiary/aromatic N) is 2. The van der Waals surface area contributed by atoms with Crippen molar-refractivity contribution in [3.8, 4) is 0 Å². The van der Waals surface area contributed by atoms with Gasteiger partial charge in [-0.15, -0.1) is 0 Å². The van der Waals surface area contributed by atoms with Crippen LogP contribution < -0.4 is 21.5 Å². The number of benzene rings is 1. The standard InChI is InChI=1S/C19H28F2N6O2S2/c1-12(23)13(9-19(7-8-22)5-2-6-19)10-24-14-3-4-15(17(21)16(14)20)31(28,29)27-18-25-11-26-30-18/h3-4,11-13,24H,2,5-10,22-23H2,1H3,(H,25,26,27)/t12-,13+/m1/s1. The van der Waals surface area contributed by atoms with E-state index < -0.39 is 26.6 Å². The Morgan fingerprint density at radius 2 is 2.03 bits per heavy atom. The van der Waals surface area contributed by atoms with E-state index in [2.05, 4.69) is 19.4 Å². The number of hydrogen-bond acceptors (Lipinski definition) is 8. The van der Waals surface area contributed by atoms with Gasteiger partial charge in [-0.05, 0) is 62.6 Å². The van der Waals surface area contributed by atoms with Gasteiger partial charge in [-0.25, -0.2) is 22.2 Å². The molecule has 1 aliphatic carbocycles. The molecule has 0 unspecified atom stereocenters. The third-order valence-corrected chi connectivity index (χ3v) is 8.07. The first-order valence-corrected chi connectivity index (χ1v) is 12.4. The molecule has 1 aromatic heterocycles. The summed E-state index contributed by atoms with van der Waals surface area (Å²) in [7, 11) is -4.34. The molecule has 0 bridgehead atoms. The Labute approximate surface area is 185 Å². The normalized spacial score (nSPS) is 17.6. The van der Waals surface area contributed by atoms with Gasteiger partial charge in [-0.1, -0.05) is 6.42 Å².